The maximum Gasteiger partial charge on any atom is 0.303 e. The highest BCUT2D eigenvalue weighted by molar-refractivity contribution is 5.66. The molecule has 1 N–H and O–H groups in total. The van der Waals surface area contributed by atoms with Crippen LogP contribution in [0.5, 0.6) is 5.75 Å². The summed E-state index contributed by atoms with van der Waals surface area (Å²) in [6.07, 6.45) is 3.97. The first-order valence-electron chi connectivity index (χ1n) is 7.05. The molecule has 0 aliphatic heterocycles. The van der Waals surface area contributed by atoms with E-state index in [-0.39, 0.29) is 6.42 Å². The molecule has 0 heterocycles. The van der Waals surface area contributed by atoms with Crippen LogP contribution in [0.4, 0.5) is 0 Å². The van der Waals surface area contributed by atoms with Crippen molar-refractivity contribution in [3.63, 3.8) is 0 Å². The summed E-state index contributed by atoms with van der Waals surface area (Å²) in [4.78, 5) is 10.3. The van der Waals surface area contributed by atoms with Gasteiger partial charge in [-0.25, -0.2) is 0 Å². The number of carbonyl (C=O) groups is 1. The van der Waals surface area contributed by atoms with Crippen LogP contribution in [0.3, 0.4) is 0 Å². The minimum Gasteiger partial charge on any atom is -0.494 e. The van der Waals surface area contributed by atoms with Crippen LogP contribution in [0.2, 0.25) is 0 Å². The van der Waals surface area contributed by atoms with Crippen LogP contribution in [0, 0.1) is 5.92 Å². The molecule has 0 fully saturated rings. The third-order valence-electron chi connectivity index (χ3n) is 3.26. The van der Waals surface area contributed by atoms with Gasteiger partial charge >= 0.3 is 5.97 Å². The molecule has 0 saturated carbocycles. The molecular formula is C16H24O3. The first-order chi connectivity index (χ1) is 9.11. The molecule has 0 bridgehead atoms. The van der Waals surface area contributed by atoms with Crippen molar-refractivity contribution in [3.05, 3.63) is 29.8 Å². The smallest absolute Gasteiger partial charge is 0.303 e. The maximum atomic E-state index is 10.3. The van der Waals surface area contributed by atoms with E-state index in [0.717, 1.165) is 18.6 Å². The zero-order valence-electron chi connectivity index (χ0n) is 11.9. The number of hydrogen-bond acceptors (Lipinski definition) is 2. The van der Waals surface area contributed by atoms with Gasteiger partial charge in [-0.2, -0.15) is 0 Å². The van der Waals surface area contributed by atoms with E-state index in [0.29, 0.717) is 18.9 Å². The Kier molecular flexibility index (Phi) is 7.01. The molecule has 106 valence electrons. The van der Waals surface area contributed by atoms with Crippen molar-refractivity contribution in [2.75, 3.05) is 6.61 Å². The Morgan fingerprint density at radius 3 is 2.53 bits per heavy atom. The lowest BCUT2D eigenvalue weighted by Gasteiger charge is -2.10. The number of hydrogen-bond donors (Lipinski definition) is 1. The van der Waals surface area contributed by atoms with E-state index < -0.39 is 5.97 Å². The van der Waals surface area contributed by atoms with Crippen molar-refractivity contribution in [1.29, 1.82) is 0 Å². The van der Waals surface area contributed by atoms with Gasteiger partial charge in [0.25, 0.3) is 0 Å². The molecule has 19 heavy (non-hydrogen) atoms. The van der Waals surface area contributed by atoms with Gasteiger partial charge in [-0.1, -0.05) is 32.4 Å². The van der Waals surface area contributed by atoms with E-state index in [4.69, 9.17) is 9.84 Å². The fraction of sp³-hybridized carbons (Fsp3) is 0.562. The molecule has 1 rings (SSSR count). The second kappa shape index (κ2) is 8.57. The van der Waals surface area contributed by atoms with Crippen molar-refractivity contribution >= 4 is 5.97 Å². The average Bonchev–Trinajstić information content (AvgIpc) is 2.39. The van der Waals surface area contributed by atoms with Crippen LogP contribution in [0.25, 0.3) is 0 Å². The van der Waals surface area contributed by atoms with Gasteiger partial charge in [0.05, 0.1) is 6.61 Å². The number of rotatable bonds is 9. The van der Waals surface area contributed by atoms with Crippen LogP contribution in [-0.4, -0.2) is 17.7 Å². The Morgan fingerprint density at radius 1 is 1.26 bits per heavy atom. The number of aliphatic carboxylic acids is 1. The Bertz CT molecular complexity index is 370. The first-order valence-corrected chi connectivity index (χ1v) is 7.05. The molecule has 0 spiro atoms. The normalized spacial score (nSPS) is 12.1. The van der Waals surface area contributed by atoms with Crippen LogP contribution in [0.1, 0.15) is 45.1 Å². The van der Waals surface area contributed by atoms with Crippen molar-refractivity contribution in [3.8, 4) is 5.75 Å². The minimum atomic E-state index is -0.741. The summed E-state index contributed by atoms with van der Waals surface area (Å²) < 4.78 is 5.58. The van der Waals surface area contributed by atoms with E-state index in [1.165, 1.54) is 12.0 Å². The molecule has 0 radical (unpaired) electrons. The van der Waals surface area contributed by atoms with Gasteiger partial charge in [0, 0.05) is 6.42 Å². The fourth-order valence-electron chi connectivity index (χ4n) is 1.84. The SMILES string of the molecule is CCC(C)Cc1ccc(OCCCCC(=O)O)cc1. The Morgan fingerprint density at radius 2 is 1.95 bits per heavy atom. The number of ether oxygens (including phenoxy) is 1. The Balaban J connectivity index is 2.26. The quantitative estimate of drug-likeness (QED) is 0.688. The molecule has 3 heteroatoms. The molecule has 3 nitrogen and oxygen atoms in total. The maximum absolute atomic E-state index is 10.3. The summed E-state index contributed by atoms with van der Waals surface area (Å²) in [5.41, 5.74) is 1.34. The summed E-state index contributed by atoms with van der Waals surface area (Å²) >= 11 is 0. The molecule has 1 unspecified atom stereocenters. The molecule has 0 aliphatic rings. The van der Waals surface area contributed by atoms with E-state index >= 15 is 0 Å². The largest absolute Gasteiger partial charge is 0.494 e. The molecule has 0 aromatic heterocycles. The third kappa shape index (κ3) is 6.85. The zero-order chi connectivity index (χ0) is 14.1. The highest BCUT2D eigenvalue weighted by Gasteiger charge is 2.02. The van der Waals surface area contributed by atoms with Crippen molar-refractivity contribution in [2.24, 2.45) is 5.92 Å². The van der Waals surface area contributed by atoms with Crippen LogP contribution >= 0.6 is 0 Å². The topological polar surface area (TPSA) is 46.5 Å². The second-order valence-electron chi connectivity index (χ2n) is 5.06. The predicted octanol–water partition coefficient (Wildman–Crippen LogP) is 3.91. The molecule has 0 saturated heterocycles. The van der Waals surface area contributed by atoms with Crippen molar-refractivity contribution in [1.82, 2.24) is 0 Å². The third-order valence-corrected chi connectivity index (χ3v) is 3.26. The highest BCUT2D eigenvalue weighted by Crippen LogP contribution is 2.16. The zero-order valence-corrected chi connectivity index (χ0v) is 11.9. The van der Waals surface area contributed by atoms with Crippen LogP contribution in [-0.2, 0) is 11.2 Å². The standard InChI is InChI=1S/C16H24O3/c1-3-13(2)12-14-7-9-15(10-8-14)19-11-5-4-6-16(17)18/h7-10,13H,3-6,11-12H2,1-2H3,(H,17,18). The Labute approximate surface area is 115 Å². The monoisotopic (exact) mass is 264 g/mol. The average molecular weight is 264 g/mol. The molecular weight excluding hydrogens is 240 g/mol. The highest BCUT2D eigenvalue weighted by atomic mass is 16.5. The first kappa shape index (κ1) is 15.5. The summed E-state index contributed by atoms with van der Waals surface area (Å²) in [6, 6.07) is 8.21. The Hall–Kier alpha value is -1.51. The van der Waals surface area contributed by atoms with Gasteiger partial charge in [0.15, 0.2) is 0 Å². The predicted molar refractivity (Wildman–Crippen MR) is 76.6 cm³/mol. The van der Waals surface area contributed by atoms with Gasteiger partial charge < -0.3 is 9.84 Å². The molecule has 1 atom stereocenters. The van der Waals surface area contributed by atoms with E-state index in [9.17, 15) is 4.79 Å². The van der Waals surface area contributed by atoms with Gasteiger partial charge in [-0.3, -0.25) is 4.79 Å². The molecule has 1 aromatic rings. The van der Waals surface area contributed by atoms with Gasteiger partial charge in [0.2, 0.25) is 0 Å². The van der Waals surface area contributed by atoms with Crippen molar-refractivity contribution < 1.29 is 14.6 Å². The van der Waals surface area contributed by atoms with Gasteiger partial charge in [-0.15, -0.1) is 0 Å². The summed E-state index contributed by atoms with van der Waals surface area (Å²) in [5.74, 6) is 0.834. The molecule has 0 aliphatic carbocycles. The lowest BCUT2D eigenvalue weighted by molar-refractivity contribution is -0.137. The van der Waals surface area contributed by atoms with E-state index in [1.54, 1.807) is 0 Å². The van der Waals surface area contributed by atoms with Gasteiger partial charge in [-0.05, 0) is 42.9 Å². The molecule has 0 amide bonds. The van der Waals surface area contributed by atoms with E-state index in [2.05, 4.69) is 26.0 Å². The van der Waals surface area contributed by atoms with Crippen LogP contribution in [0.15, 0.2) is 24.3 Å². The number of carboxylic acids is 1. The number of unbranched alkanes of at least 4 members (excludes halogenated alkanes) is 1. The minimum absolute atomic E-state index is 0.219. The van der Waals surface area contributed by atoms with E-state index in [1.807, 2.05) is 12.1 Å². The summed E-state index contributed by atoms with van der Waals surface area (Å²) in [6.45, 7) is 5.05. The number of benzene rings is 1. The van der Waals surface area contributed by atoms with Gasteiger partial charge in [0.1, 0.15) is 5.75 Å². The van der Waals surface area contributed by atoms with Crippen molar-refractivity contribution in [2.45, 2.75) is 46.0 Å². The number of carboxylic acid groups (broad SMARTS) is 1. The lowest BCUT2D eigenvalue weighted by Crippen LogP contribution is -2.01. The lowest BCUT2D eigenvalue weighted by atomic mass is 9.99. The fourth-order valence-corrected chi connectivity index (χ4v) is 1.84. The molecule has 1 aromatic carbocycles. The van der Waals surface area contributed by atoms with Crippen LogP contribution < -0.4 is 4.74 Å². The summed E-state index contributed by atoms with van der Waals surface area (Å²) in [7, 11) is 0. The second-order valence-corrected chi connectivity index (χ2v) is 5.06. The summed E-state index contributed by atoms with van der Waals surface area (Å²) in [5, 5.41) is 8.51.